The van der Waals surface area contributed by atoms with E-state index in [4.69, 9.17) is 0 Å². The van der Waals surface area contributed by atoms with Crippen LogP contribution in [0.2, 0.25) is 0 Å². The van der Waals surface area contributed by atoms with Gasteiger partial charge in [0.2, 0.25) is 5.91 Å². The molecule has 142 valence electrons. The van der Waals surface area contributed by atoms with Gasteiger partial charge in [0.1, 0.15) is 5.82 Å². The zero-order valence-corrected chi connectivity index (χ0v) is 15.3. The van der Waals surface area contributed by atoms with Crippen LogP contribution < -0.4 is 5.32 Å². The molecule has 6 nitrogen and oxygen atoms in total. The molecule has 2 aliphatic heterocycles. The van der Waals surface area contributed by atoms with Crippen LogP contribution in [0.25, 0.3) is 0 Å². The number of nitrogens with one attached hydrogen (secondary N) is 1. The molecule has 2 heterocycles. The lowest BCUT2D eigenvalue weighted by Gasteiger charge is -2.46. The van der Waals surface area contributed by atoms with Crippen LogP contribution in [-0.4, -0.2) is 64.0 Å². The average Bonchev–Trinajstić information content (AvgIpc) is 2.59. The van der Waals surface area contributed by atoms with Gasteiger partial charge in [-0.2, -0.15) is 0 Å². The molecule has 0 radical (unpaired) electrons. The molecule has 2 aliphatic rings. The summed E-state index contributed by atoms with van der Waals surface area (Å²) in [7, 11) is 0. The SMILES string of the molecule is CC1(C)C(=O)NCCN1CC1(O)CCCN(Cc2ccc(F)cc2)C1=O. The Labute approximate surface area is 153 Å². The van der Waals surface area contributed by atoms with Gasteiger partial charge < -0.3 is 15.3 Å². The van der Waals surface area contributed by atoms with Gasteiger partial charge in [-0.05, 0) is 44.4 Å². The van der Waals surface area contributed by atoms with E-state index >= 15 is 0 Å². The third-order valence-corrected chi connectivity index (χ3v) is 5.46. The number of benzene rings is 1. The number of carbonyl (C=O) groups excluding carboxylic acids is 2. The number of hydrogen-bond donors (Lipinski definition) is 2. The fourth-order valence-corrected chi connectivity index (χ4v) is 3.71. The summed E-state index contributed by atoms with van der Waals surface area (Å²) in [5.74, 6) is -0.741. The zero-order chi connectivity index (χ0) is 18.9. The van der Waals surface area contributed by atoms with Crippen LogP contribution in [0.4, 0.5) is 4.39 Å². The second kappa shape index (κ2) is 6.96. The number of likely N-dealkylation sites (tertiary alicyclic amines) is 1. The lowest BCUT2D eigenvalue weighted by molar-refractivity contribution is -0.164. The van der Waals surface area contributed by atoms with Gasteiger partial charge in [0.25, 0.3) is 5.91 Å². The van der Waals surface area contributed by atoms with Gasteiger partial charge in [-0.3, -0.25) is 14.5 Å². The van der Waals surface area contributed by atoms with Crippen LogP contribution in [0.15, 0.2) is 24.3 Å². The lowest BCUT2D eigenvalue weighted by atomic mass is 9.88. The van der Waals surface area contributed by atoms with Crippen molar-refractivity contribution in [3.8, 4) is 0 Å². The van der Waals surface area contributed by atoms with Crippen LogP contribution in [0.1, 0.15) is 32.3 Å². The number of nitrogens with zero attached hydrogens (tertiary/aromatic N) is 2. The van der Waals surface area contributed by atoms with Crippen molar-refractivity contribution < 1.29 is 19.1 Å². The van der Waals surface area contributed by atoms with E-state index in [-0.39, 0.29) is 24.2 Å². The van der Waals surface area contributed by atoms with Crippen molar-refractivity contribution in [1.29, 1.82) is 0 Å². The molecule has 1 aromatic carbocycles. The number of piperidine rings is 1. The summed E-state index contributed by atoms with van der Waals surface area (Å²) in [5.41, 5.74) is -1.46. The van der Waals surface area contributed by atoms with E-state index in [1.165, 1.54) is 12.1 Å². The van der Waals surface area contributed by atoms with Crippen molar-refractivity contribution >= 4 is 11.8 Å². The smallest absolute Gasteiger partial charge is 0.256 e. The highest BCUT2D eigenvalue weighted by molar-refractivity contribution is 5.88. The average molecular weight is 363 g/mol. The summed E-state index contributed by atoms with van der Waals surface area (Å²) >= 11 is 0. The standard InChI is InChI=1S/C19H26FN3O3/c1-18(2)16(24)21-9-11-23(18)13-19(26)8-3-10-22(17(19)25)12-14-4-6-15(20)7-5-14/h4-7,26H,3,8-13H2,1-2H3,(H,21,24). The van der Waals surface area contributed by atoms with Gasteiger partial charge in [0.05, 0.1) is 5.54 Å². The van der Waals surface area contributed by atoms with Gasteiger partial charge in [-0.1, -0.05) is 12.1 Å². The van der Waals surface area contributed by atoms with Gasteiger partial charge in [0.15, 0.2) is 5.60 Å². The van der Waals surface area contributed by atoms with Crippen molar-refractivity contribution in [3.05, 3.63) is 35.6 Å². The first-order valence-corrected chi connectivity index (χ1v) is 9.02. The van der Waals surface area contributed by atoms with Crippen LogP contribution in [0.3, 0.4) is 0 Å². The predicted molar refractivity (Wildman–Crippen MR) is 94.7 cm³/mol. The Balaban J connectivity index is 1.73. The molecule has 3 rings (SSSR count). The number of halogens is 1. The maximum atomic E-state index is 13.1. The second-order valence-electron chi connectivity index (χ2n) is 7.72. The van der Waals surface area contributed by atoms with E-state index < -0.39 is 11.1 Å². The first-order valence-electron chi connectivity index (χ1n) is 9.02. The minimum Gasteiger partial charge on any atom is -0.379 e. The molecular formula is C19H26FN3O3. The zero-order valence-electron chi connectivity index (χ0n) is 15.3. The molecule has 2 amide bonds. The summed E-state index contributed by atoms with van der Waals surface area (Å²) in [6.45, 7) is 5.72. The molecule has 0 aliphatic carbocycles. The Kier molecular flexibility index (Phi) is 5.03. The van der Waals surface area contributed by atoms with E-state index in [9.17, 15) is 19.1 Å². The highest BCUT2D eigenvalue weighted by atomic mass is 19.1. The second-order valence-corrected chi connectivity index (χ2v) is 7.72. The molecule has 1 atom stereocenters. The van der Waals surface area contributed by atoms with Crippen LogP contribution in [0.5, 0.6) is 0 Å². The van der Waals surface area contributed by atoms with Gasteiger partial charge in [0, 0.05) is 32.7 Å². The number of carbonyl (C=O) groups is 2. The number of hydrogen-bond acceptors (Lipinski definition) is 4. The molecule has 0 spiro atoms. The Morgan fingerprint density at radius 2 is 1.88 bits per heavy atom. The Morgan fingerprint density at radius 3 is 2.58 bits per heavy atom. The number of amides is 2. The highest BCUT2D eigenvalue weighted by Gasteiger charge is 2.47. The first kappa shape index (κ1) is 18.8. The molecule has 2 saturated heterocycles. The Morgan fingerprint density at radius 1 is 1.19 bits per heavy atom. The maximum absolute atomic E-state index is 13.1. The van der Waals surface area contributed by atoms with Gasteiger partial charge in [-0.15, -0.1) is 0 Å². The predicted octanol–water partition coefficient (Wildman–Crippen LogP) is 0.890. The van der Waals surface area contributed by atoms with Gasteiger partial charge >= 0.3 is 0 Å². The fourth-order valence-electron chi connectivity index (χ4n) is 3.71. The normalized spacial score (nSPS) is 26.7. The first-order chi connectivity index (χ1) is 12.2. The topological polar surface area (TPSA) is 72.9 Å². The molecule has 1 aromatic rings. The summed E-state index contributed by atoms with van der Waals surface area (Å²) < 4.78 is 13.1. The molecule has 0 aromatic heterocycles. The number of rotatable bonds is 4. The summed E-state index contributed by atoms with van der Waals surface area (Å²) in [5, 5.41) is 13.9. The van der Waals surface area contributed by atoms with E-state index in [0.717, 1.165) is 5.56 Å². The largest absolute Gasteiger partial charge is 0.379 e. The molecule has 0 saturated carbocycles. The number of β-amino-alcohol motifs (C(OH)–C–C–N with tert-alkyl or cyclic N) is 1. The molecular weight excluding hydrogens is 337 g/mol. The van der Waals surface area contributed by atoms with Crippen LogP contribution in [-0.2, 0) is 16.1 Å². The number of aliphatic hydroxyl groups is 1. The molecule has 2 N–H and O–H groups in total. The molecule has 2 fully saturated rings. The van der Waals surface area contributed by atoms with Crippen molar-refractivity contribution in [2.75, 3.05) is 26.2 Å². The highest BCUT2D eigenvalue weighted by Crippen LogP contribution is 2.28. The molecule has 7 heteroatoms. The summed E-state index contributed by atoms with van der Waals surface area (Å²) in [6.07, 6.45) is 1.06. The fraction of sp³-hybridized carbons (Fsp3) is 0.579. The van der Waals surface area contributed by atoms with E-state index in [1.54, 1.807) is 30.9 Å². The lowest BCUT2D eigenvalue weighted by Crippen LogP contribution is -2.67. The molecule has 0 bridgehead atoms. The minimum atomic E-state index is -1.51. The van der Waals surface area contributed by atoms with Crippen LogP contribution >= 0.6 is 0 Å². The quantitative estimate of drug-likeness (QED) is 0.833. The van der Waals surface area contributed by atoms with Crippen molar-refractivity contribution in [2.24, 2.45) is 0 Å². The van der Waals surface area contributed by atoms with E-state index in [0.29, 0.717) is 39.0 Å². The van der Waals surface area contributed by atoms with Crippen LogP contribution in [0, 0.1) is 5.82 Å². The van der Waals surface area contributed by atoms with Crippen molar-refractivity contribution in [1.82, 2.24) is 15.1 Å². The Hall–Kier alpha value is -1.99. The summed E-state index contributed by atoms with van der Waals surface area (Å²) in [4.78, 5) is 28.6. The summed E-state index contributed by atoms with van der Waals surface area (Å²) in [6, 6.07) is 6.03. The molecule has 1 unspecified atom stereocenters. The minimum absolute atomic E-state index is 0.0984. The Bertz CT molecular complexity index is 692. The van der Waals surface area contributed by atoms with E-state index in [2.05, 4.69) is 5.32 Å². The third kappa shape index (κ3) is 3.59. The third-order valence-electron chi connectivity index (χ3n) is 5.46. The van der Waals surface area contributed by atoms with E-state index in [1.807, 2.05) is 4.90 Å². The monoisotopic (exact) mass is 363 g/mol. The molecule has 26 heavy (non-hydrogen) atoms. The van der Waals surface area contributed by atoms with Crippen molar-refractivity contribution in [3.63, 3.8) is 0 Å². The number of piperazine rings is 1. The van der Waals surface area contributed by atoms with Gasteiger partial charge in [-0.25, -0.2) is 4.39 Å². The van der Waals surface area contributed by atoms with Crippen molar-refractivity contribution in [2.45, 2.75) is 44.4 Å². The maximum Gasteiger partial charge on any atom is 0.256 e.